The van der Waals surface area contributed by atoms with Crippen molar-refractivity contribution in [2.45, 2.75) is 54.9 Å². The van der Waals surface area contributed by atoms with Crippen LogP contribution in [0.2, 0.25) is 0 Å². The van der Waals surface area contributed by atoms with Gasteiger partial charge in [-0.25, -0.2) is 0 Å². The molecule has 0 aliphatic heterocycles. The molecule has 0 radical (unpaired) electrons. The van der Waals surface area contributed by atoms with Gasteiger partial charge in [-0.05, 0) is 32.5 Å². The summed E-state index contributed by atoms with van der Waals surface area (Å²) in [6.45, 7) is 15.9. The van der Waals surface area contributed by atoms with Crippen molar-refractivity contribution in [3.8, 4) is 0 Å². The molecule has 0 saturated carbocycles. The van der Waals surface area contributed by atoms with Gasteiger partial charge in [0, 0.05) is 0 Å². The lowest BCUT2D eigenvalue weighted by molar-refractivity contribution is 0.339. The van der Waals surface area contributed by atoms with Gasteiger partial charge in [-0.3, -0.25) is 0 Å². The van der Waals surface area contributed by atoms with E-state index >= 15 is 0 Å². The van der Waals surface area contributed by atoms with Crippen LogP contribution in [0.1, 0.15) is 54.9 Å². The van der Waals surface area contributed by atoms with Crippen LogP contribution >= 0.6 is 0 Å². The third-order valence-electron chi connectivity index (χ3n) is 1.61. The molecule has 0 aliphatic carbocycles. The van der Waals surface area contributed by atoms with E-state index in [0.717, 1.165) is 6.54 Å². The first-order valence-corrected chi connectivity index (χ1v) is 5.85. The maximum Gasteiger partial charge on any atom is -0.0000589 e. The van der Waals surface area contributed by atoms with Gasteiger partial charge in [-0.2, -0.15) is 0 Å². The molecule has 0 aromatic heterocycles. The zero-order chi connectivity index (χ0) is 12.6. The minimum absolute atomic E-state index is 0.481. The standard InChI is InChI=1S/C7H17N.2C2H6.CH5N/c1-5-7(2,3)6-8-4;3*1-2/h8H,5-6H2,1-4H3;2*1-2H3;2H2,1H3. The number of rotatable bonds is 3. The summed E-state index contributed by atoms with van der Waals surface area (Å²) in [5.41, 5.74) is 4.98. The molecule has 0 saturated heterocycles. The molecule has 0 fully saturated rings. The van der Waals surface area contributed by atoms with Gasteiger partial charge in [-0.1, -0.05) is 48.5 Å². The van der Waals surface area contributed by atoms with Gasteiger partial charge in [0.15, 0.2) is 0 Å². The molecule has 14 heavy (non-hydrogen) atoms. The average Bonchev–Trinajstić information content (AvgIpc) is 2.27. The summed E-state index contributed by atoms with van der Waals surface area (Å²) in [4.78, 5) is 0. The maximum atomic E-state index is 4.50. The Hall–Kier alpha value is -0.0800. The smallest absolute Gasteiger partial charge is 0.0000589 e. The Kier molecular flexibility index (Phi) is 38.9. The van der Waals surface area contributed by atoms with Crippen LogP contribution in [0.4, 0.5) is 0 Å². The second-order valence-corrected chi connectivity index (χ2v) is 3.05. The van der Waals surface area contributed by atoms with Gasteiger partial charge >= 0.3 is 0 Å². The van der Waals surface area contributed by atoms with Gasteiger partial charge in [0.2, 0.25) is 0 Å². The molecule has 0 aliphatic rings. The van der Waals surface area contributed by atoms with Crippen molar-refractivity contribution >= 4 is 0 Å². The SMILES string of the molecule is CC.CC.CCC(C)(C)CNC.CN. The normalized spacial score (nSPS) is 8.14. The Bertz CT molecular complexity index is 61.3. The predicted molar refractivity (Wildman–Crippen MR) is 70.8 cm³/mol. The fourth-order valence-electron chi connectivity index (χ4n) is 0.604. The molecular formula is C12H34N2. The van der Waals surface area contributed by atoms with Gasteiger partial charge < -0.3 is 11.1 Å². The first-order chi connectivity index (χ1) is 6.62. The Morgan fingerprint density at radius 3 is 1.36 bits per heavy atom. The van der Waals surface area contributed by atoms with Gasteiger partial charge in [0.05, 0.1) is 0 Å². The maximum absolute atomic E-state index is 4.50. The van der Waals surface area contributed by atoms with Crippen LogP contribution in [0.3, 0.4) is 0 Å². The second-order valence-electron chi connectivity index (χ2n) is 3.05. The zero-order valence-corrected chi connectivity index (χ0v) is 12.0. The number of nitrogens with one attached hydrogen (secondary N) is 1. The first kappa shape index (κ1) is 23.6. The van der Waals surface area contributed by atoms with E-state index < -0.39 is 0 Å². The predicted octanol–water partition coefficient (Wildman–Crippen LogP) is 3.27. The minimum atomic E-state index is 0.481. The Balaban J connectivity index is -0.0000000708. The second kappa shape index (κ2) is 23.1. The van der Waals surface area contributed by atoms with E-state index in [-0.39, 0.29) is 0 Å². The summed E-state index contributed by atoms with van der Waals surface area (Å²) in [7, 11) is 3.50. The van der Waals surface area contributed by atoms with Crippen LogP contribution in [0.25, 0.3) is 0 Å². The summed E-state index contributed by atoms with van der Waals surface area (Å²) in [6, 6.07) is 0. The molecule has 0 rings (SSSR count). The van der Waals surface area contributed by atoms with Crippen LogP contribution in [0.15, 0.2) is 0 Å². The quantitative estimate of drug-likeness (QED) is 0.744. The third-order valence-corrected chi connectivity index (χ3v) is 1.61. The minimum Gasteiger partial charge on any atom is -0.333 e. The van der Waals surface area contributed by atoms with Crippen molar-refractivity contribution in [2.75, 3.05) is 20.6 Å². The van der Waals surface area contributed by atoms with E-state index in [9.17, 15) is 0 Å². The van der Waals surface area contributed by atoms with Crippen molar-refractivity contribution < 1.29 is 0 Å². The largest absolute Gasteiger partial charge is 0.333 e. The molecule has 0 unspecified atom stereocenters. The van der Waals surface area contributed by atoms with Crippen LogP contribution < -0.4 is 11.1 Å². The Labute approximate surface area is 92.7 Å². The van der Waals surface area contributed by atoms with Crippen LogP contribution in [0, 0.1) is 5.41 Å². The van der Waals surface area contributed by atoms with E-state index in [1.165, 1.54) is 13.5 Å². The molecule has 3 N–H and O–H groups in total. The lowest BCUT2D eigenvalue weighted by Gasteiger charge is -2.21. The zero-order valence-electron chi connectivity index (χ0n) is 12.0. The molecule has 0 bridgehead atoms. The van der Waals surface area contributed by atoms with E-state index in [4.69, 9.17) is 0 Å². The summed E-state index contributed by atoms with van der Waals surface area (Å²) in [5.74, 6) is 0. The van der Waals surface area contributed by atoms with Crippen molar-refractivity contribution in [1.29, 1.82) is 0 Å². The van der Waals surface area contributed by atoms with Gasteiger partial charge in [0.25, 0.3) is 0 Å². The molecule has 92 valence electrons. The van der Waals surface area contributed by atoms with Crippen molar-refractivity contribution in [3.05, 3.63) is 0 Å². The summed E-state index contributed by atoms with van der Waals surface area (Å²) in [5, 5.41) is 3.16. The lowest BCUT2D eigenvalue weighted by Crippen LogP contribution is -2.25. The molecule has 0 heterocycles. The lowest BCUT2D eigenvalue weighted by atomic mass is 9.90. The van der Waals surface area contributed by atoms with Crippen molar-refractivity contribution in [3.63, 3.8) is 0 Å². The number of hydrogen-bond acceptors (Lipinski definition) is 2. The molecular weight excluding hydrogens is 172 g/mol. The van der Waals surface area contributed by atoms with E-state index in [0.29, 0.717) is 5.41 Å². The van der Waals surface area contributed by atoms with Crippen LogP contribution in [-0.2, 0) is 0 Å². The topological polar surface area (TPSA) is 38.0 Å². The first-order valence-electron chi connectivity index (χ1n) is 5.85. The molecule has 0 atom stereocenters. The Morgan fingerprint density at radius 2 is 1.29 bits per heavy atom. The summed E-state index contributed by atoms with van der Waals surface area (Å²) >= 11 is 0. The molecule has 0 spiro atoms. The fraction of sp³-hybridized carbons (Fsp3) is 1.00. The highest BCUT2D eigenvalue weighted by atomic mass is 14.8. The molecule has 2 nitrogen and oxygen atoms in total. The number of hydrogen-bond donors (Lipinski definition) is 2. The van der Waals surface area contributed by atoms with Crippen molar-refractivity contribution in [2.24, 2.45) is 11.1 Å². The summed E-state index contributed by atoms with van der Waals surface area (Å²) < 4.78 is 0. The fourth-order valence-corrected chi connectivity index (χ4v) is 0.604. The highest BCUT2D eigenvalue weighted by molar-refractivity contribution is 4.67. The molecule has 0 amide bonds. The van der Waals surface area contributed by atoms with E-state index in [1.54, 1.807) is 0 Å². The van der Waals surface area contributed by atoms with E-state index in [1.807, 2.05) is 34.7 Å². The molecule has 2 heteroatoms. The van der Waals surface area contributed by atoms with Gasteiger partial charge in [0.1, 0.15) is 0 Å². The molecule has 0 aromatic rings. The number of nitrogens with two attached hydrogens (primary N) is 1. The Morgan fingerprint density at radius 1 is 1.00 bits per heavy atom. The van der Waals surface area contributed by atoms with E-state index in [2.05, 4.69) is 31.8 Å². The highest BCUT2D eigenvalue weighted by Crippen LogP contribution is 2.16. The van der Waals surface area contributed by atoms with Crippen molar-refractivity contribution in [1.82, 2.24) is 5.32 Å². The summed E-state index contributed by atoms with van der Waals surface area (Å²) in [6.07, 6.45) is 1.24. The van der Waals surface area contributed by atoms with Crippen LogP contribution in [0.5, 0.6) is 0 Å². The highest BCUT2D eigenvalue weighted by Gasteiger charge is 2.11. The van der Waals surface area contributed by atoms with Gasteiger partial charge in [-0.15, -0.1) is 0 Å². The molecule has 0 aromatic carbocycles. The average molecular weight is 206 g/mol. The monoisotopic (exact) mass is 206 g/mol. The third kappa shape index (κ3) is 29.7. The van der Waals surface area contributed by atoms with Crippen LogP contribution in [-0.4, -0.2) is 20.6 Å².